The lowest BCUT2D eigenvalue weighted by molar-refractivity contribution is -0.154. The fraction of sp³-hybridized carbons (Fsp3) is 0.417. The number of nitriles is 1. The molecule has 0 unspecified atom stereocenters. The number of aromatic nitrogens is 1. The number of amides is 1. The normalized spacial score (nSPS) is 12.5. The zero-order valence-electron chi connectivity index (χ0n) is 18.5. The van der Waals surface area contributed by atoms with E-state index in [-0.39, 0.29) is 23.8 Å². The van der Waals surface area contributed by atoms with Gasteiger partial charge >= 0.3 is 5.97 Å². The summed E-state index contributed by atoms with van der Waals surface area (Å²) in [5.74, 6) is -0.666. The predicted molar refractivity (Wildman–Crippen MR) is 118 cm³/mol. The van der Waals surface area contributed by atoms with Crippen LogP contribution in [0, 0.1) is 25.2 Å². The largest absolute Gasteiger partial charge is 0.453 e. The minimum atomic E-state index is -0.909. The molecule has 2 rings (SSSR count). The van der Waals surface area contributed by atoms with Crippen LogP contribution in [-0.4, -0.2) is 29.5 Å². The van der Waals surface area contributed by atoms with Gasteiger partial charge in [0.2, 0.25) is 0 Å². The number of pyridine rings is 1. The van der Waals surface area contributed by atoms with E-state index in [0.29, 0.717) is 24.2 Å². The van der Waals surface area contributed by atoms with Crippen LogP contribution < -0.4 is 10.9 Å². The minimum absolute atomic E-state index is 0.0395. The fourth-order valence-electron chi connectivity index (χ4n) is 3.55. The molecule has 0 saturated heterocycles. The molecule has 0 saturated carbocycles. The Kier molecular flexibility index (Phi) is 8.56. The lowest BCUT2D eigenvalue weighted by Gasteiger charge is -2.19. The topological polar surface area (TPSA) is 112 Å². The zero-order chi connectivity index (χ0) is 23.0. The highest BCUT2D eigenvalue weighted by molar-refractivity contribution is 5.83. The maximum absolute atomic E-state index is 12.4. The second-order valence-corrected chi connectivity index (χ2v) is 7.56. The van der Waals surface area contributed by atoms with Crippen molar-refractivity contribution in [1.29, 1.82) is 5.26 Å². The van der Waals surface area contributed by atoms with Crippen LogP contribution in [0.25, 0.3) is 0 Å². The summed E-state index contributed by atoms with van der Waals surface area (Å²) in [6.45, 7) is 7.48. The number of aryl methyl sites for hydroxylation is 1. The summed E-state index contributed by atoms with van der Waals surface area (Å²) in [5, 5.41) is 12.0. The number of esters is 1. The van der Waals surface area contributed by atoms with E-state index in [4.69, 9.17) is 10.00 Å². The Bertz CT molecular complexity index is 1020. The van der Waals surface area contributed by atoms with Gasteiger partial charge in [0.15, 0.2) is 6.10 Å². The second kappa shape index (κ2) is 11.1. The van der Waals surface area contributed by atoms with Crippen LogP contribution in [0.15, 0.2) is 35.1 Å². The molecule has 31 heavy (non-hydrogen) atoms. The molecule has 2 atom stereocenters. The second-order valence-electron chi connectivity index (χ2n) is 7.56. The molecule has 1 aromatic heterocycles. The van der Waals surface area contributed by atoms with Crippen molar-refractivity contribution in [3.05, 3.63) is 68.6 Å². The van der Waals surface area contributed by atoms with E-state index in [9.17, 15) is 14.4 Å². The van der Waals surface area contributed by atoms with Crippen LogP contribution in [0.5, 0.6) is 0 Å². The molecule has 1 aromatic carbocycles. The number of nitrogens with one attached hydrogen (secondary N) is 2. The highest BCUT2D eigenvalue weighted by atomic mass is 16.5. The predicted octanol–water partition coefficient (Wildman–Crippen LogP) is 3.04. The molecule has 7 heteroatoms. The third-order valence-corrected chi connectivity index (χ3v) is 5.46. The zero-order valence-corrected chi connectivity index (χ0v) is 18.5. The smallest absolute Gasteiger partial charge is 0.306 e. The van der Waals surface area contributed by atoms with Crippen molar-refractivity contribution in [3.63, 3.8) is 0 Å². The Morgan fingerprint density at radius 3 is 2.52 bits per heavy atom. The molecule has 2 N–H and O–H groups in total. The summed E-state index contributed by atoms with van der Waals surface area (Å²) in [6.07, 6.45) is 0.314. The van der Waals surface area contributed by atoms with Crippen molar-refractivity contribution in [2.45, 2.75) is 59.0 Å². The van der Waals surface area contributed by atoms with E-state index in [1.807, 2.05) is 36.4 Å². The number of hydrogen-bond donors (Lipinski definition) is 2. The minimum Gasteiger partial charge on any atom is -0.453 e. The standard InChI is InChI=1S/C24H29N3O4/c1-5-18(19-9-7-6-8-10-19)14-26-23(29)17(4)31-22(28)12-11-20-15(2)21(13-25)24(30)27-16(20)3/h6-10,17-18H,5,11-12,14H2,1-4H3,(H,26,29)(H,27,30)/t17-,18-/m0/s1. The fourth-order valence-corrected chi connectivity index (χ4v) is 3.55. The number of nitrogens with zero attached hydrogens (tertiary/aromatic N) is 1. The SMILES string of the molecule is CC[C@@H](CNC(=O)[C@H](C)OC(=O)CCc1c(C)[nH]c(=O)c(C#N)c1C)c1ccccc1. The summed E-state index contributed by atoms with van der Waals surface area (Å²) in [7, 11) is 0. The van der Waals surface area contributed by atoms with Crippen LogP contribution in [0.4, 0.5) is 0 Å². The third-order valence-electron chi connectivity index (χ3n) is 5.46. The van der Waals surface area contributed by atoms with E-state index in [1.54, 1.807) is 20.8 Å². The summed E-state index contributed by atoms with van der Waals surface area (Å²) >= 11 is 0. The van der Waals surface area contributed by atoms with Crippen molar-refractivity contribution >= 4 is 11.9 Å². The number of H-pyrrole nitrogens is 1. The van der Waals surface area contributed by atoms with Crippen LogP contribution in [0.3, 0.4) is 0 Å². The Hall–Kier alpha value is -3.40. The first-order chi connectivity index (χ1) is 14.8. The van der Waals surface area contributed by atoms with Gasteiger partial charge in [0.25, 0.3) is 11.5 Å². The lowest BCUT2D eigenvalue weighted by atomic mass is 9.96. The van der Waals surface area contributed by atoms with Gasteiger partial charge in [-0.1, -0.05) is 37.3 Å². The number of carbonyl (C=O) groups excluding carboxylic acids is 2. The van der Waals surface area contributed by atoms with Crippen molar-refractivity contribution in [2.24, 2.45) is 0 Å². The van der Waals surface area contributed by atoms with Gasteiger partial charge in [-0.15, -0.1) is 0 Å². The molecule has 0 spiro atoms. The van der Waals surface area contributed by atoms with Crippen LogP contribution >= 0.6 is 0 Å². The number of hydrogen-bond acceptors (Lipinski definition) is 5. The van der Waals surface area contributed by atoms with Gasteiger partial charge in [0.1, 0.15) is 11.6 Å². The molecule has 0 aliphatic carbocycles. The summed E-state index contributed by atoms with van der Waals surface area (Å²) in [5.41, 5.74) is 2.68. The molecular formula is C24H29N3O4. The first-order valence-electron chi connectivity index (χ1n) is 10.4. The molecule has 164 valence electrons. The molecule has 0 aliphatic heterocycles. The quantitative estimate of drug-likeness (QED) is 0.602. The first-order valence-corrected chi connectivity index (χ1v) is 10.4. The molecule has 0 aliphatic rings. The Balaban J connectivity index is 1.89. The Labute approximate surface area is 182 Å². The maximum atomic E-state index is 12.4. The molecule has 1 amide bonds. The van der Waals surface area contributed by atoms with Gasteiger partial charge in [-0.2, -0.15) is 5.26 Å². The van der Waals surface area contributed by atoms with E-state index >= 15 is 0 Å². The van der Waals surface area contributed by atoms with E-state index in [0.717, 1.165) is 17.5 Å². The van der Waals surface area contributed by atoms with Crippen LogP contribution in [0.2, 0.25) is 0 Å². The van der Waals surface area contributed by atoms with Crippen LogP contribution in [-0.2, 0) is 20.7 Å². The number of ether oxygens (including phenoxy) is 1. The van der Waals surface area contributed by atoms with Crippen LogP contribution in [0.1, 0.15) is 60.6 Å². The average Bonchev–Trinajstić information content (AvgIpc) is 2.74. The lowest BCUT2D eigenvalue weighted by Crippen LogP contribution is -2.38. The highest BCUT2D eigenvalue weighted by Crippen LogP contribution is 2.18. The summed E-state index contributed by atoms with van der Waals surface area (Å²) < 4.78 is 5.28. The summed E-state index contributed by atoms with van der Waals surface area (Å²) in [6, 6.07) is 11.8. The molecule has 1 heterocycles. The molecule has 0 radical (unpaired) electrons. The molecule has 2 aromatic rings. The van der Waals surface area contributed by atoms with Gasteiger partial charge in [-0.3, -0.25) is 14.4 Å². The molecule has 0 bridgehead atoms. The number of carbonyl (C=O) groups is 2. The highest BCUT2D eigenvalue weighted by Gasteiger charge is 2.20. The molecule has 0 fully saturated rings. The summed E-state index contributed by atoms with van der Waals surface area (Å²) in [4.78, 5) is 39.1. The maximum Gasteiger partial charge on any atom is 0.306 e. The number of rotatable bonds is 9. The monoisotopic (exact) mass is 423 g/mol. The van der Waals surface area contributed by atoms with Crippen molar-refractivity contribution in [3.8, 4) is 6.07 Å². The average molecular weight is 424 g/mol. The van der Waals surface area contributed by atoms with Crippen molar-refractivity contribution < 1.29 is 14.3 Å². The number of benzene rings is 1. The molecule has 7 nitrogen and oxygen atoms in total. The van der Waals surface area contributed by atoms with Gasteiger partial charge < -0.3 is 15.0 Å². The first kappa shape index (κ1) is 23.9. The van der Waals surface area contributed by atoms with Crippen molar-refractivity contribution in [2.75, 3.05) is 6.54 Å². The van der Waals surface area contributed by atoms with E-state index in [1.165, 1.54) is 0 Å². The Morgan fingerprint density at radius 1 is 1.23 bits per heavy atom. The Morgan fingerprint density at radius 2 is 1.90 bits per heavy atom. The van der Waals surface area contributed by atoms with Gasteiger partial charge in [-0.05, 0) is 50.3 Å². The third kappa shape index (κ3) is 6.29. The number of aromatic amines is 1. The van der Waals surface area contributed by atoms with Crippen molar-refractivity contribution in [1.82, 2.24) is 10.3 Å². The van der Waals surface area contributed by atoms with Gasteiger partial charge in [-0.25, -0.2) is 0 Å². The van der Waals surface area contributed by atoms with E-state index < -0.39 is 17.6 Å². The van der Waals surface area contributed by atoms with Gasteiger partial charge in [0, 0.05) is 24.6 Å². The van der Waals surface area contributed by atoms with E-state index in [2.05, 4.69) is 17.2 Å². The van der Waals surface area contributed by atoms with Gasteiger partial charge in [0.05, 0.1) is 0 Å². The molecular weight excluding hydrogens is 394 g/mol.